The number of nitrogens with two attached hydrogens (primary N) is 1. The molecule has 1 aliphatic carbocycles. The molecule has 0 saturated heterocycles. The normalized spacial score (nSPS) is 24.6. The van der Waals surface area contributed by atoms with Crippen molar-refractivity contribution in [1.82, 2.24) is 0 Å². The van der Waals surface area contributed by atoms with Gasteiger partial charge in [0.05, 0.1) is 0 Å². The minimum atomic E-state index is -0.0750. The lowest BCUT2D eigenvalue weighted by molar-refractivity contribution is 0.394. The molecule has 0 heterocycles. The second-order valence-corrected chi connectivity index (χ2v) is 7.49. The Morgan fingerprint density at radius 3 is 2.85 bits per heavy atom. The first kappa shape index (κ1) is 15.8. The topological polar surface area (TPSA) is 26.0 Å². The van der Waals surface area contributed by atoms with E-state index in [0.717, 1.165) is 29.2 Å². The Labute approximate surface area is 126 Å². The zero-order chi connectivity index (χ0) is 14.5. The van der Waals surface area contributed by atoms with E-state index >= 15 is 0 Å². The van der Waals surface area contributed by atoms with E-state index in [4.69, 9.17) is 5.73 Å². The molecule has 0 radical (unpaired) electrons. The predicted octanol–water partition coefficient (Wildman–Crippen LogP) is 4.78. The summed E-state index contributed by atoms with van der Waals surface area (Å²) in [7, 11) is 0. The highest BCUT2D eigenvalue weighted by Crippen LogP contribution is 2.37. The standard InChI is InChI=1S/C17H26FNS/c1-3-14(19)10-13-7-8-17(16(18)11-13)20-15-6-4-5-12(2)9-15/h7-8,11-12,14-15H,3-6,9-10,19H2,1-2H3. The van der Waals surface area contributed by atoms with Crippen LogP contribution in [0.2, 0.25) is 0 Å². The average Bonchev–Trinajstić information content (AvgIpc) is 2.42. The molecule has 1 aromatic carbocycles. The second kappa shape index (κ2) is 7.46. The van der Waals surface area contributed by atoms with E-state index in [1.54, 1.807) is 17.8 Å². The average molecular weight is 295 g/mol. The highest BCUT2D eigenvalue weighted by atomic mass is 32.2. The van der Waals surface area contributed by atoms with Crippen LogP contribution >= 0.6 is 11.8 Å². The minimum absolute atomic E-state index is 0.0750. The number of halogens is 1. The fourth-order valence-electron chi connectivity index (χ4n) is 2.88. The monoisotopic (exact) mass is 295 g/mol. The first-order chi connectivity index (χ1) is 9.58. The van der Waals surface area contributed by atoms with E-state index in [1.165, 1.54) is 25.7 Å². The van der Waals surface area contributed by atoms with Gasteiger partial charge in [0.25, 0.3) is 0 Å². The highest BCUT2D eigenvalue weighted by Gasteiger charge is 2.21. The van der Waals surface area contributed by atoms with Gasteiger partial charge in [0.2, 0.25) is 0 Å². The van der Waals surface area contributed by atoms with Crippen LogP contribution in [0, 0.1) is 11.7 Å². The van der Waals surface area contributed by atoms with Crippen molar-refractivity contribution in [3.05, 3.63) is 29.6 Å². The summed E-state index contributed by atoms with van der Waals surface area (Å²) in [4.78, 5) is 0.804. The molecule has 1 saturated carbocycles. The highest BCUT2D eigenvalue weighted by molar-refractivity contribution is 8.00. The molecule has 112 valence electrons. The second-order valence-electron chi connectivity index (χ2n) is 6.15. The first-order valence-corrected chi connectivity index (χ1v) is 8.67. The van der Waals surface area contributed by atoms with E-state index < -0.39 is 0 Å². The van der Waals surface area contributed by atoms with Crippen LogP contribution in [0.4, 0.5) is 4.39 Å². The van der Waals surface area contributed by atoms with E-state index in [-0.39, 0.29) is 11.9 Å². The third-order valence-corrected chi connectivity index (χ3v) is 5.55. The number of benzene rings is 1. The van der Waals surface area contributed by atoms with Gasteiger partial charge >= 0.3 is 0 Å². The summed E-state index contributed by atoms with van der Waals surface area (Å²) in [6, 6.07) is 5.78. The molecule has 2 rings (SSSR count). The van der Waals surface area contributed by atoms with Gasteiger partial charge in [-0.1, -0.05) is 32.8 Å². The molecule has 0 aliphatic heterocycles. The molecule has 2 N–H and O–H groups in total. The molecule has 3 atom stereocenters. The van der Waals surface area contributed by atoms with Crippen molar-refractivity contribution in [2.45, 2.75) is 68.6 Å². The third-order valence-electron chi connectivity index (χ3n) is 4.20. The first-order valence-electron chi connectivity index (χ1n) is 7.79. The smallest absolute Gasteiger partial charge is 0.137 e. The van der Waals surface area contributed by atoms with Gasteiger partial charge in [-0.3, -0.25) is 0 Å². The predicted molar refractivity (Wildman–Crippen MR) is 85.6 cm³/mol. The lowest BCUT2D eigenvalue weighted by Crippen LogP contribution is -2.21. The van der Waals surface area contributed by atoms with Crippen LogP contribution in [0.5, 0.6) is 0 Å². The van der Waals surface area contributed by atoms with Gasteiger partial charge < -0.3 is 5.73 Å². The molecule has 1 aromatic rings. The van der Waals surface area contributed by atoms with Crippen molar-refractivity contribution < 1.29 is 4.39 Å². The minimum Gasteiger partial charge on any atom is -0.327 e. The summed E-state index contributed by atoms with van der Waals surface area (Å²) in [6.07, 6.45) is 6.73. The Balaban J connectivity index is 1.98. The molecule has 20 heavy (non-hydrogen) atoms. The summed E-state index contributed by atoms with van der Waals surface area (Å²) < 4.78 is 14.2. The van der Waals surface area contributed by atoms with Gasteiger partial charge in [0.1, 0.15) is 5.82 Å². The molecule has 3 unspecified atom stereocenters. The number of hydrogen-bond acceptors (Lipinski definition) is 2. The molecule has 0 aromatic heterocycles. The van der Waals surface area contributed by atoms with Crippen molar-refractivity contribution in [3.63, 3.8) is 0 Å². The Bertz CT molecular complexity index is 435. The number of rotatable bonds is 5. The van der Waals surface area contributed by atoms with Crippen molar-refractivity contribution in [1.29, 1.82) is 0 Å². The van der Waals surface area contributed by atoms with E-state index in [1.807, 2.05) is 12.1 Å². The van der Waals surface area contributed by atoms with E-state index in [2.05, 4.69) is 13.8 Å². The van der Waals surface area contributed by atoms with Crippen LogP contribution in [0.3, 0.4) is 0 Å². The van der Waals surface area contributed by atoms with Crippen LogP contribution in [0.15, 0.2) is 23.1 Å². The molecular formula is C17H26FNS. The van der Waals surface area contributed by atoms with Gasteiger partial charge in [0, 0.05) is 16.2 Å². The molecular weight excluding hydrogens is 269 g/mol. The number of hydrogen-bond donors (Lipinski definition) is 1. The fourth-order valence-corrected chi connectivity index (χ4v) is 4.27. The summed E-state index contributed by atoms with van der Waals surface area (Å²) >= 11 is 1.72. The Kier molecular flexibility index (Phi) is 5.91. The van der Waals surface area contributed by atoms with Crippen LogP contribution in [-0.4, -0.2) is 11.3 Å². The molecule has 1 aliphatic rings. The van der Waals surface area contributed by atoms with Gasteiger partial charge in [-0.05, 0) is 49.3 Å². The van der Waals surface area contributed by atoms with Crippen molar-refractivity contribution >= 4 is 11.8 Å². The third kappa shape index (κ3) is 4.49. The Hall–Kier alpha value is -0.540. The van der Waals surface area contributed by atoms with Crippen LogP contribution < -0.4 is 5.73 Å². The maximum Gasteiger partial charge on any atom is 0.137 e. The summed E-state index contributed by atoms with van der Waals surface area (Å²) in [5.41, 5.74) is 6.94. The van der Waals surface area contributed by atoms with Gasteiger partial charge in [-0.25, -0.2) is 4.39 Å². The molecule has 1 fully saturated rings. The van der Waals surface area contributed by atoms with Crippen molar-refractivity contribution in [2.75, 3.05) is 0 Å². The fraction of sp³-hybridized carbons (Fsp3) is 0.647. The van der Waals surface area contributed by atoms with Crippen LogP contribution in [-0.2, 0) is 6.42 Å². The quantitative estimate of drug-likeness (QED) is 0.846. The molecule has 3 heteroatoms. The summed E-state index contributed by atoms with van der Waals surface area (Å²) in [6.45, 7) is 4.37. The van der Waals surface area contributed by atoms with Crippen LogP contribution in [0.1, 0.15) is 51.5 Å². The lowest BCUT2D eigenvalue weighted by Gasteiger charge is -2.26. The van der Waals surface area contributed by atoms with Gasteiger partial charge in [-0.15, -0.1) is 11.8 Å². The lowest BCUT2D eigenvalue weighted by atomic mass is 9.91. The van der Waals surface area contributed by atoms with Gasteiger partial charge in [-0.2, -0.15) is 0 Å². The maximum absolute atomic E-state index is 14.2. The SMILES string of the molecule is CCC(N)Cc1ccc(SC2CCCC(C)C2)c(F)c1. The Morgan fingerprint density at radius 1 is 1.40 bits per heavy atom. The summed E-state index contributed by atoms with van der Waals surface area (Å²) in [5.74, 6) is 0.708. The molecule has 0 bridgehead atoms. The van der Waals surface area contributed by atoms with E-state index in [0.29, 0.717) is 5.25 Å². The molecule has 0 amide bonds. The number of thioether (sulfide) groups is 1. The Morgan fingerprint density at radius 2 is 2.20 bits per heavy atom. The van der Waals surface area contributed by atoms with Crippen LogP contribution in [0.25, 0.3) is 0 Å². The molecule has 0 spiro atoms. The molecule has 1 nitrogen and oxygen atoms in total. The zero-order valence-corrected chi connectivity index (χ0v) is 13.4. The van der Waals surface area contributed by atoms with Crippen molar-refractivity contribution in [3.8, 4) is 0 Å². The largest absolute Gasteiger partial charge is 0.327 e. The van der Waals surface area contributed by atoms with Gasteiger partial charge in [0.15, 0.2) is 0 Å². The summed E-state index contributed by atoms with van der Waals surface area (Å²) in [5, 5.41) is 0.581. The maximum atomic E-state index is 14.2. The van der Waals surface area contributed by atoms with Crippen molar-refractivity contribution in [2.24, 2.45) is 11.7 Å². The zero-order valence-electron chi connectivity index (χ0n) is 12.6. The van der Waals surface area contributed by atoms with E-state index in [9.17, 15) is 4.39 Å².